The van der Waals surface area contributed by atoms with E-state index in [9.17, 15) is 9.59 Å². The number of anilines is 3. The minimum atomic E-state index is -0.373. The highest BCUT2D eigenvalue weighted by Crippen LogP contribution is 2.34. The zero-order valence-electron chi connectivity index (χ0n) is 15.3. The number of hydrogen-bond acceptors (Lipinski definition) is 6. The van der Waals surface area contributed by atoms with Crippen molar-refractivity contribution in [3.63, 3.8) is 0 Å². The van der Waals surface area contributed by atoms with Gasteiger partial charge < -0.3 is 25.4 Å². The van der Waals surface area contributed by atoms with E-state index in [1.807, 2.05) is 19.1 Å². The summed E-state index contributed by atoms with van der Waals surface area (Å²) in [6.07, 6.45) is 0.391. The van der Waals surface area contributed by atoms with Crippen molar-refractivity contribution in [2.24, 2.45) is 0 Å². The molecule has 2 aromatic carbocycles. The van der Waals surface area contributed by atoms with Crippen LogP contribution >= 0.6 is 11.3 Å². The number of thiazole rings is 1. The molecule has 3 amide bonds. The molecule has 1 aliphatic rings. The summed E-state index contributed by atoms with van der Waals surface area (Å²) in [5.74, 6) is 1.17. The third-order valence-corrected chi connectivity index (χ3v) is 5.06. The number of carbonyl (C=O) groups is 2. The van der Waals surface area contributed by atoms with Gasteiger partial charge in [-0.15, -0.1) is 0 Å². The van der Waals surface area contributed by atoms with Crippen molar-refractivity contribution >= 4 is 50.0 Å². The summed E-state index contributed by atoms with van der Waals surface area (Å²) in [5.41, 5.74) is 2.95. The molecule has 0 saturated heterocycles. The highest BCUT2D eigenvalue weighted by Gasteiger charge is 2.15. The van der Waals surface area contributed by atoms with Gasteiger partial charge in [-0.1, -0.05) is 18.3 Å². The molecular formula is C19H18N4O4S. The van der Waals surface area contributed by atoms with E-state index < -0.39 is 0 Å². The Morgan fingerprint density at radius 2 is 1.86 bits per heavy atom. The maximum atomic E-state index is 12.4. The molecule has 1 aliphatic heterocycles. The number of rotatable bonds is 4. The molecule has 0 unspecified atom stereocenters. The van der Waals surface area contributed by atoms with E-state index in [1.165, 1.54) is 11.3 Å². The number of amides is 3. The molecule has 3 N–H and O–H groups in total. The number of benzene rings is 2. The van der Waals surface area contributed by atoms with Crippen molar-refractivity contribution < 1.29 is 19.1 Å². The third kappa shape index (κ3) is 3.70. The van der Waals surface area contributed by atoms with E-state index in [1.54, 1.807) is 25.1 Å². The van der Waals surface area contributed by atoms with Crippen molar-refractivity contribution in [3.05, 3.63) is 35.9 Å². The predicted molar refractivity (Wildman–Crippen MR) is 108 cm³/mol. The molecule has 0 saturated carbocycles. The first-order valence-corrected chi connectivity index (χ1v) is 9.52. The molecule has 0 radical (unpaired) electrons. The quantitative estimate of drug-likeness (QED) is 0.607. The Morgan fingerprint density at radius 3 is 2.68 bits per heavy atom. The Labute approximate surface area is 164 Å². The number of hydrogen-bond donors (Lipinski definition) is 3. The van der Waals surface area contributed by atoms with Crippen molar-refractivity contribution in [2.75, 3.05) is 22.7 Å². The fourth-order valence-electron chi connectivity index (χ4n) is 2.80. The lowest BCUT2D eigenvalue weighted by atomic mass is 10.2. The summed E-state index contributed by atoms with van der Waals surface area (Å²) in [6.45, 7) is 3.88. The smallest absolute Gasteiger partial charge is 0.323 e. The fourth-order valence-corrected chi connectivity index (χ4v) is 3.80. The van der Waals surface area contributed by atoms with Crippen LogP contribution in [0.25, 0.3) is 10.2 Å². The Balaban J connectivity index is 1.49. The first-order valence-electron chi connectivity index (χ1n) is 8.70. The summed E-state index contributed by atoms with van der Waals surface area (Å²) in [7, 11) is 0. The molecule has 9 heteroatoms. The molecule has 0 fully saturated rings. The van der Waals surface area contributed by atoms with Gasteiger partial charge in [0, 0.05) is 23.9 Å². The van der Waals surface area contributed by atoms with Crippen molar-refractivity contribution in [3.8, 4) is 11.5 Å². The number of nitrogens with zero attached hydrogens (tertiary/aromatic N) is 1. The normalized spacial score (nSPS) is 12.1. The monoisotopic (exact) mass is 398 g/mol. The van der Waals surface area contributed by atoms with Crippen LogP contribution in [0, 0.1) is 6.92 Å². The van der Waals surface area contributed by atoms with E-state index in [-0.39, 0.29) is 18.7 Å². The van der Waals surface area contributed by atoms with Crippen LogP contribution in [0.4, 0.5) is 21.3 Å². The zero-order valence-corrected chi connectivity index (χ0v) is 16.1. The van der Waals surface area contributed by atoms with Crippen LogP contribution in [0.1, 0.15) is 18.9 Å². The molecule has 144 valence electrons. The summed E-state index contributed by atoms with van der Waals surface area (Å²) in [5, 5.41) is 8.91. The van der Waals surface area contributed by atoms with Gasteiger partial charge in [-0.25, -0.2) is 9.78 Å². The summed E-state index contributed by atoms with van der Waals surface area (Å²) < 4.78 is 11.5. The molecule has 1 aromatic heterocycles. The molecule has 0 atom stereocenters. The highest BCUT2D eigenvalue weighted by atomic mass is 32.1. The van der Waals surface area contributed by atoms with Crippen LogP contribution in [0.5, 0.6) is 11.5 Å². The minimum Gasteiger partial charge on any atom is -0.454 e. The molecule has 2 heterocycles. The lowest BCUT2D eigenvalue weighted by Gasteiger charge is -2.09. The van der Waals surface area contributed by atoms with Gasteiger partial charge in [-0.2, -0.15) is 0 Å². The molecule has 0 aliphatic carbocycles. The highest BCUT2D eigenvalue weighted by molar-refractivity contribution is 7.22. The van der Waals surface area contributed by atoms with E-state index in [2.05, 4.69) is 20.9 Å². The van der Waals surface area contributed by atoms with Crippen LogP contribution in [-0.4, -0.2) is 23.7 Å². The Morgan fingerprint density at radius 1 is 1.07 bits per heavy atom. The summed E-state index contributed by atoms with van der Waals surface area (Å²) in [4.78, 5) is 28.4. The second-order valence-electron chi connectivity index (χ2n) is 6.21. The molecule has 3 aromatic rings. The van der Waals surface area contributed by atoms with E-state index in [0.29, 0.717) is 34.4 Å². The average Bonchev–Trinajstić information content (AvgIpc) is 3.27. The third-order valence-electron chi connectivity index (χ3n) is 4.14. The zero-order chi connectivity index (χ0) is 19.7. The lowest BCUT2D eigenvalue weighted by molar-refractivity contribution is -0.115. The number of nitrogens with one attached hydrogen (secondary N) is 3. The molecule has 28 heavy (non-hydrogen) atoms. The number of ether oxygens (including phenoxy) is 2. The Kier molecular flexibility index (Phi) is 4.74. The van der Waals surface area contributed by atoms with E-state index >= 15 is 0 Å². The minimum absolute atomic E-state index is 0.0850. The number of urea groups is 1. The van der Waals surface area contributed by atoms with Crippen LogP contribution < -0.4 is 25.4 Å². The van der Waals surface area contributed by atoms with Gasteiger partial charge in [-0.05, 0) is 36.8 Å². The van der Waals surface area contributed by atoms with Gasteiger partial charge >= 0.3 is 6.03 Å². The maximum Gasteiger partial charge on any atom is 0.323 e. The molecule has 4 rings (SSSR count). The van der Waals surface area contributed by atoms with Gasteiger partial charge in [0.05, 0.1) is 10.2 Å². The SMILES string of the molecule is CCC(=O)Nc1nc2c(C)cc(NC(=O)Nc3ccc4c(c3)OCO4)cc2s1. The standard InChI is InChI=1S/C19H18N4O4S/c1-3-16(24)22-19-23-17-10(2)6-12(8-15(17)28-19)21-18(25)20-11-4-5-13-14(7-11)27-9-26-13/h4-8H,3,9H2,1-2H3,(H2,20,21,25)(H,22,23,24). The fraction of sp³-hybridized carbons (Fsp3) is 0.211. The van der Waals surface area contributed by atoms with Gasteiger partial charge in [0.1, 0.15) is 0 Å². The maximum absolute atomic E-state index is 12.4. The van der Waals surface area contributed by atoms with Crippen molar-refractivity contribution in [1.82, 2.24) is 4.98 Å². The number of aromatic nitrogens is 1. The number of carbonyl (C=O) groups excluding carboxylic acids is 2. The summed E-state index contributed by atoms with van der Waals surface area (Å²) in [6, 6.07) is 8.50. The average molecular weight is 398 g/mol. The van der Waals surface area contributed by atoms with Crippen molar-refractivity contribution in [1.29, 1.82) is 0 Å². The molecule has 8 nitrogen and oxygen atoms in total. The van der Waals surface area contributed by atoms with E-state index in [0.717, 1.165) is 15.8 Å². The van der Waals surface area contributed by atoms with Gasteiger partial charge in [0.25, 0.3) is 0 Å². The van der Waals surface area contributed by atoms with Crippen LogP contribution in [-0.2, 0) is 4.79 Å². The number of aryl methyl sites for hydroxylation is 1. The Hall–Kier alpha value is -3.33. The second kappa shape index (κ2) is 7.35. The second-order valence-corrected chi connectivity index (χ2v) is 7.24. The van der Waals surface area contributed by atoms with Gasteiger partial charge in [-0.3, -0.25) is 4.79 Å². The lowest BCUT2D eigenvalue weighted by Crippen LogP contribution is -2.19. The van der Waals surface area contributed by atoms with Crippen LogP contribution in [0.15, 0.2) is 30.3 Å². The summed E-state index contributed by atoms with van der Waals surface area (Å²) >= 11 is 1.37. The first kappa shape index (κ1) is 18.1. The van der Waals surface area contributed by atoms with Gasteiger partial charge in [0.15, 0.2) is 16.6 Å². The van der Waals surface area contributed by atoms with Crippen LogP contribution in [0.3, 0.4) is 0 Å². The van der Waals surface area contributed by atoms with E-state index in [4.69, 9.17) is 9.47 Å². The largest absolute Gasteiger partial charge is 0.454 e. The van der Waals surface area contributed by atoms with Gasteiger partial charge in [0.2, 0.25) is 12.7 Å². The topological polar surface area (TPSA) is 102 Å². The molecule has 0 spiro atoms. The Bertz CT molecular complexity index is 1080. The molecular weight excluding hydrogens is 380 g/mol. The number of fused-ring (bicyclic) bond motifs is 2. The van der Waals surface area contributed by atoms with Crippen molar-refractivity contribution in [2.45, 2.75) is 20.3 Å². The predicted octanol–water partition coefficient (Wildman–Crippen LogP) is 4.33. The van der Waals surface area contributed by atoms with Crippen LogP contribution in [0.2, 0.25) is 0 Å². The molecule has 0 bridgehead atoms. The first-order chi connectivity index (χ1) is 13.5.